The maximum absolute atomic E-state index is 11.6. The lowest BCUT2D eigenvalue weighted by Crippen LogP contribution is -2.29. The van der Waals surface area contributed by atoms with E-state index in [0.29, 0.717) is 11.5 Å². The second kappa shape index (κ2) is 6.61. The van der Waals surface area contributed by atoms with Crippen LogP contribution in [0.1, 0.15) is 6.92 Å². The van der Waals surface area contributed by atoms with E-state index in [4.69, 9.17) is 15.2 Å². The fourth-order valence-electron chi connectivity index (χ4n) is 1.50. The summed E-state index contributed by atoms with van der Waals surface area (Å²) in [6, 6.07) is 6.75. The predicted molar refractivity (Wildman–Crippen MR) is 70.8 cm³/mol. The molecule has 2 N–H and O–H groups in total. The van der Waals surface area contributed by atoms with Crippen LogP contribution in [0.15, 0.2) is 24.3 Å². The minimum atomic E-state index is -3.16. The zero-order valence-electron chi connectivity index (χ0n) is 10.6. The van der Waals surface area contributed by atoms with Crippen molar-refractivity contribution in [1.82, 2.24) is 0 Å². The Hall–Kier alpha value is -1.27. The van der Waals surface area contributed by atoms with Crippen LogP contribution < -0.4 is 15.2 Å². The Morgan fingerprint density at radius 3 is 2.44 bits per heavy atom. The molecule has 0 aliphatic rings. The van der Waals surface area contributed by atoms with Crippen LogP contribution in [0.4, 0.5) is 0 Å². The summed E-state index contributed by atoms with van der Waals surface area (Å²) < 4.78 is 33.7. The Bertz CT molecular complexity index is 471. The van der Waals surface area contributed by atoms with Crippen LogP contribution in [0.25, 0.3) is 0 Å². The molecule has 1 rings (SSSR count). The molecule has 0 fully saturated rings. The summed E-state index contributed by atoms with van der Waals surface area (Å²) in [4.78, 5) is 0. The molecular formula is C12H19NO4S. The highest BCUT2D eigenvalue weighted by Crippen LogP contribution is 2.25. The Morgan fingerprint density at radius 2 is 1.89 bits per heavy atom. The molecule has 1 atom stereocenters. The van der Waals surface area contributed by atoms with Crippen molar-refractivity contribution in [3.63, 3.8) is 0 Å². The number of sulfone groups is 1. The minimum absolute atomic E-state index is 0.0255. The molecule has 102 valence electrons. The smallest absolute Gasteiger partial charge is 0.161 e. The molecule has 0 bridgehead atoms. The van der Waals surface area contributed by atoms with Crippen molar-refractivity contribution >= 4 is 9.84 Å². The van der Waals surface area contributed by atoms with E-state index in [-0.39, 0.29) is 24.2 Å². The molecule has 0 aromatic heterocycles. The Labute approximate surface area is 108 Å². The largest absolute Gasteiger partial charge is 0.493 e. The third-order valence-corrected chi connectivity index (χ3v) is 4.06. The van der Waals surface area contributed by atoms with Crippen LogP contribution in [0.3, 0.4) is 0 Å². The molecule has 0 radical (unpaired) electrons. The van der Waals surface area contributed by atoms with Crippen LogP contribution in [-0.4, -0.2) is 39.7 Å². The Morgan fingerprint density at radius 1 is 1.28 bits per heavy atom. The molecule has 0 saturated carbocycles. The molecule has 1 aromatic carbocycles. The molecule has 0 heterocycles. The first-order chi connectivity index (χ1) is 8.44. The molecular weight excluding hydrogens is 254 g/mol. The summed E-state index contributed by atoms with van der Waals surface area (Å²) in [6.45, 7) is 1.76. The topological polar surface area (TPSA) is 78.6 Å². The number of benzene rings is 1. The second-order valence-corrected chi connectivity index (χ2v) is 6.32. The standard InChI is InChI=1S/C12H19NO4S/c1-10(13)9-18(14,15)8-7-17-12-6-4-3-5-11(12)16-2/h3-6,10H,7-9,13H2,1-2H3. The van der Waals surface area contributed by atoms with Crippen molar-refractivity contribution in [3.05, 3.63) is 24.3 Å². The number of nitrogens with two attached hydrogens (primary N) is 1. The fourth-order valence-corrected chi connectivity index (χ4v) is 2.81. The summed E-state index contributed by atoms with van der Waals surface area (Å²) in [7, 11) is -1.62. The van der Waals surface area contributed by atoms with Gasteiger partial charge in [-0.15, -0.1) is 0 Å². The van der Waals surface area contributed by atoms with Crippen molar-refractivity contribution in [1.29, 1.82) is 0 Å². The van der Waals surface area contributed by atoms with Crippen molar-refractivity contribution in [2.75, 3.05) is 25.2 Å². The minimum Gasteiger partial charge on any atom is -0.493 e. The van der Waals surface area contributed by atoms with Gasteiger partial charge < -0.3 is 15.2 Å². The first kappa shape index (κ1) is 14.8. The van der Waals surface area contributed by atoms with Crippen LogP contribution in [0.5, 0.6) is 11.5 Å². The maximum Gasteiger partial charge on any atom is 0.161 e. The lowest BCUT2D eigenvalue weighted by molar-refractivity contribution is 0.311. The normalized spacial score (nSPS) is 13.1. The summed E-state index contributed by atoms with van der Waals surface area (Å²) in [5.41, 5.74) is 5.47. The van der Waals surface area contributed by atoms with Gasteiger partial charge >= 0.3 is 0 Å². The van der Waals surface area contributed by atoms with Gasteiger partial charge in [0.1, 0.15) is 6.61 Å². The van der Waals surface area contributed by atoms with Gasteiger partial charge in [0.2, 0.25) is 0 Å². The van der Waals surface area contributed by atoms with Crippen LogP contribution in [0.2, 0.25) is 0 Å². The number of para-hydroxylation sites is 2. The van der Waals surface area contributed by atoms with E-state index in [2.05, 4.69) is 0 Å². The Balaban J connectivity index is 2.51. The van der Waals surface area contributed by atoms with Gasteiger partial charge in [-0.3, -0.25) is 0 Å². The fraction of sp³-hybridized carbons (Fsp3) is 0.500. The molecule has 1 aromatic rings. The van der Waals surface area contributed by atoms with E-state index >= 15 is 0 Å². The summed E-state index contributed by atoms with van der Waals surface area (Å²) in [5.74, 6) is 1.05. The quantitative estimate of drug-likeness (QED) is 0.796. The van der Waals surface area contributed by atoms with Gasteiger partial charge in [-0.25, -0.2) is 8.42 Å². The van der Waals surface area contributed by atoms with Crippen molar-refractivity contribution < 1.29 is 17.9 Å². The molecule has 5 nitrogen and oxygen atoms in total. The molecule has 0 spiro atoms. The van der Waals surface area contributed by atoms with E-state index in [1.807, 2.05) is 6.07 Å². The number of methoxy groups -OCH3 is 1. The average molecular weight is 273 g/mol. The number of ether oxygens (including phenoxy) is 2. The number of hydrogen-bond donors (Lipinski definition) is 1. The molecule has 6 heteroatoms. The average Bonchev–Trinajstić information content (AvgIpc) is 2.27. The first-order valence-corrected chi connectivity index (χ1v) is 7.48. The Kier molecular flexibility index (Phi) is 5.43. The molecule has 1 unspecified atom stereocenters. The van der Waals surface area contributed by atoms with Crippen molar-refractivity contribution in [2.45, 2.75) is 13.0 Å². The molecule has 0 saturated heterocycles. The van der Waals surface area contributed by atoms with Crippen LogP contribution in [-0.2, 0) is 9.84 Å². The van der Waals surface area contributed by atoms with Gasteiger partial charge in [-0.05, 0) is 19.1 Å². The van der Waals surface area contributed by atoms with E-state index in [1.165, 1.54) is 7.11 Å². The van der Waals surface area contributed by atoms with Crippen molar-refractivity contribution in [3.8, 4) is 11.5 Å². The van der Waals surface area contributed by atoms with Gasteiger partial charge in [-0.2, -0.15) is 0 Å². The highest BCUT2D eigenvalue weighted by molar-refractivity contribution is 7.91. The van der Waals surface area contributed by atoms with Gasteiger partial charge in [0, 0.05) is 6.04 Å². The lowest BCUT2D eigenvalue weighted by atomic mass is 10.3. The van der Waals surface area contributed by atoms with Gasteiger partial charge in [-0.1, -0.05) is 12.1 Å². The summed E-state index contributed by atoms with van der Waals surface area (Å²) >= 11 is 0. The molecule has 0 aliphatic heterocycles. The summed E-state index contributed by atoms with van der Waals surface area (Å²) in [5, 5.41) is 0. The van der Waals surface area contributed by atoms with Gasteiger partial charge in [0.05, 0.1) is 18.6 Å². The molecule has 18 heavy (non-hydrogen) atoms. The van der Waals surface area contributed by atoms with E-state index < -0.39 is 9.84 Å². The van der Waals surface area contributed by atoms with E-state index in [1.54, 1.807) is 25.1 Å². The van der Waals surface area contributed by atoms with Crippen LogP contribution in [0, 0.1) is 0 Å². The highest BCUT2D eigenvalue weighted by atomic mass is 32.2. The van der Waals surface area contributed by atoms with Gasteiger partial charge in [0.25, 0.3) is 0 Å². The SMILES string of the molecule is COc1ccccc1OCCS(=O)(=O)CC(C)N. The number of hydrogen-bond acceptors (Lipinski definition) is 5. The monoisotopic (exact) mass is 273 g/mol. The first-order valence-electron chi connectivity index (χ1n) is 5.66. The zero-order valence-corrected chi connectivity index (χ0v) is 11.4. The van der Waals surface area contributed by atoms with Crippen molar-refractivity contribution in [2.24, 2.45) is 5.73 Å². The predicted octanol–water partition coefficient (Wildman–Crippen LogP) is 0.836. The van der Waals surface area contributed by atoms with Crippen LogP contribution >= 0.6 is 0 Å². The third-order valence-electron chi connectivity index (χ3n) is 2.24. The highest BCUT2D eigenvalue weighted by Gasteiger charge is 2.14. The van der Waals surface area contributed by atoms with Gasteiger partial charge in [0.15, 0.2) is 21.3 Å². The number of rotatable bonds is 7. The zero-order chi connectivity index (χ0) is 13.6. The lowest BCUT2D eigenvalue weighted by Gasteiger charge is -2.11. The molecule has 0 amide bonds. The summed E-state index contributed by atoms with van der Waals surface area (Å²) in [6.07, 6.45) is 0. The third kappa shape index (κ3) is 4.93. The van der Waals surface area contributed by atoms with E-state index in [0.717, 1.165) is 0 Å². The van der Waals surface area contributed by atoms with E-state index in [9.17, 15) is 8.42 Å². The second-order valence-electron chi connectivity index (χ2n) is 4.09. The molecule has 0 aliphatic carbocycles. The maximum atomic E-state index is 11.6.